The molecule has 1 aliphatic rings. The molecule has 1 aromatic carbocycles. The van der Waals surface area contributed by atoms with Gasteiger partial charge in [-0.15, -0.1) is 11.8 Å². The molecular formula is C9H9NS. The Balaban J connectivity index is 2.54. The van der Waals surface area contributed by atoms with Gasteiger partial charge in [0.25, 0.3) is 0 Å². The van der Waals surface area contributed by atoms with Crippen LogP contribution >= 0.6 is 11.8 Å². The number of benzene rings is 1. The lowest BCUT2D eigenvalue weighted by Crippen LogP contribution is -1.93. The Morgan fingerprint density at radius 3 is 3.27 bits per heavy atom. The van der Waals surface area contributed by atoms with Crippen LogP contribution < -0.4 is 0 Å². The quantitative estimate of drug-likeness (QED) is 0.572. The van der Waals surface area contributed by atoms with Gasteiger partial charge in [-0.3, -0.25) is 4.99 Å². The maximum Gasteiger partial charge on any atom is 0.0890 e. The van der Waals surface area contributed by atoms with Crippen molar-refractivity contribution in [3.8, 4) is 0 Å². The molecule has 2 heteroatoms. The van der Waals surface area contributed by atoms with Gasteiger partial charge < -0.3 is 0 Å². The summed E-state index contributed by atoms with van der Waals surface area (Å²) in [6.07, 6.45) is 1.96. The fourth-order valence-corrected chi connectivity index (χ4v) is 1.87. The minimum Gasteiger partial charge on any atom is -0.281 e. The van der Waals surface area contributed by atoms with E-state index in [1.165, 1.54) is 16.0 Å². The van der Waals surface area contributed by atoms with Crippen LogP contribution in [-0.2, 0) is 0 Å². The molecule has 0 N–H and O–H groups in total. The summed E-state index contributed by atoms with van der Waals surface area (Å²) in [5, 5.41) is 0. The number of thioether (sulfide) groups is 1. The first kappa shape index (κ1) is 6.92. The van der Waals surface area contributed by atoms with E-state index in [9.17, 15) is 0 Å². The largest absolute Gasteiger partial charge is 0.281 e. The van der Waals surface area contributed by atoms with E-state index in [0.29, 0.717) is 0 Å². The molecule has 0 atom stereocenters. The summed E-state index contributed by atoms with van der Waals surface area (Å²) in [4.78, 5) is 5.55. The zero-order chi connectivity index (χ0) is 7.68. The number of aryl methyl sites for hydroxylation is 1. The van der Waals surface area contributed by atoms with Crippen molar-refractivity contribution in [3.05, 3.63) is 29.3 Å². The fourth-order valence-electron chi connectivity index (χ4n) is 1.14. The molecule has 1 aromatic rings. The van der Waals surface area contributed by atoms with E-state index in [-0.39, 0.29) is 0 Å². The number of hydrogen-bond donors (Lipinski definition) is 0. The molecule has 0 spiro atoms. The predicted molar refractivity (Wildman–Crippen MR) is 49.5 cm³/mol. The normalized spacial score (nSPS) is 14.6. The molecule has 0 aliphatic carbocycles. The van der Waals surface area contributed by atoms with Crippen molar-refractivity contribution < 1.29 is 0 Å². The molecule has 11 heavy (non-hydrogen) atoms. The highest BCUT2D eigenvalue weighted by molar-refractivity contribution is 7.99. The van der Waals surface area contributed by atoms with Gasteiger partial charge in [0.2, 0.25) is 0 Å². The van der Waals surface area contributed by atoms with Crippen LogP contribution in [0, 0.1) is 6.92 Å². The third-order valence-electron chi connectivity index (χ3n) is 1.69. The molecule has 56 valence electrons. The average Bonchev–Trinajstić information content (AvgIpc) is 2.04. The smallest absolute Gasteiger partial charge is 0.0890 e. The summed E-state index contributed by atoms with van der Waals surface area (Å²) in [6.45, 7) is 2.10. The Hall–Kier alpha value is -0.760. The van der Waals surface area contributed by atoms with E-state index >= 15 is 0 Å². The van der Waals surface area contributed by atoms with Gasteiger partial charge in [0.1, 0.15) is 0 Å². The number of hydrogen-bond acceptors (Lipinski definition) is 2. The number of fused-ring (bicyclic) bond motifs is 1. The van der Waals surface area contributed by atoms with Crippen LogP contribution in [0.5, 0.6) is 0 Å². The average molecular weight is 163 g/mol. The monoisotopic (exact) mass is 163 g/mol. The Labute approximate surface area is 70.5 Å². The zero-order valence-electron chi connectivity index (χ0n) is 6.37. The first-order chi connectivity index (χ1) is 5.36. The lowest BCUT2D eigenvalue weighted by atomic mass is 10.1. The summed E-state index contributed by atoms with van der Waals surface area (Å²) in [6, 6.07) is 6.48. The van der Waals surface area contributed by atoms with Crippen molar-refractivity contribution in [2.24, 2.45) is 4.99 Å². The van der Waals surface area contributed by atoms with E-state index in [4.69, 9.17) is 0 Å². The lowest BCUT2D eigenvalue weighted by molar-refractivity contribution is 1.29. The summed E-state index contributed by atoms with van der Waals surface area (Å²) in [7, 11) is 0. The van der Waals surface area contributed by atoms with E-state index in [1.807, 2.05) is 6.21 Å². The van der Waals surface area contributed by atoms with Gasteiger partial charge in [-0.05, 0) is 19.1 Å². The van der Waals surface area contributed by atoms with Crippen molar-refractivity contribution in [2.45, 2.75) is 11.8 Å². The maximum absolute atomic E-state index is 4.20. The third kappa shape index (κ3) is 1.31. The molecule has 0 aromatic heterocycles. The molecule has 1 nitrogen and oxygen atoms in total. The van der Waals surface area contributed by atoms with E-state index < -0.39 is 0 Å². The van der Waals surface area contributed by atoms with Gasteiger partial charge >= 0.3 is 0 Å². The molecule has 0 radical (unpaired) electrons. The Morgan fingerprint density at radius 1 is 1.45 bits per heavy atom. The van der Waals surface area contributed by atoms with Crippen molar-refractivity contribution in [1.82, 2.24) is 0 Å². The number of nitrogens with zero attached hydrogens (tertiary/aromatic N) is 1. The first-order valence-corrected chi connectivity index (χ1v) is 4.58. The minimum absolute atomic E-state index is 0.871. The van der Waals surface area contributed by atoms with Crippen molar-refractivity contribution in [3.63, 3.8) is 0 Å². The summed E-state index contributed by atoms with van der Waals surface area (Å²) in [5.41, 5.74) is 2.57. The van der Waals surface area contributed by atoms with Crippen LogP contribution in [0.3, 0.4) is 0 Å². The molecule has 2 rings (SSSR count). The second-order valence-electron chi connectivity index (χ2n) is 2.63. The van der Waals surface area contributed by atoms with Crippen molar-refractivity contribution in [2.75, 3.05) is 5.88 Å². The van der Waals surface area contributed by atoms with Gasteiger partial charge in [0.15, 0.2) is 0 Å². The molecule has 1 aliphatic heterocycles. The number of aliphatic imine (C=N–C) groups is 1. The molecule has 0 saturated carbocycles. The van der Waals surface area contributed by atoms with Gasteiger partial charge in [-0.25, -0.2) is 0 Å². The molecule has 0 fully saturated rings. The van der Waals surface area contributed by atoms with Gasteiger partial charge in [-0.2, -0.15) is 0 Å². The molecule has 1 heterocycles. The van der Waals surface area contributed by atoms with E-state index in [2.05, 4.69) is 30.1 Å². The third-order valence-corrected chi connectivity index (χ3v) is 2.65. The lowest BCUT2D eigenvalue weighted by Gasteiger charge is -2.08. The van der Waals surface area contributed by atoms with Gasteiger partial charge in [0.05, 0.1) is 5.88 Å². The van der Waals surface area contributed by atoms with Crippen molar-refractivity contribution >= 4 is 18.0 Å². The van der Waals surface area contributed by atoms with Crippen molar-refractivity contribution in [1.29, 1.82) is 0 Å². The van der Waals surface area contributed by atoms with Crippen LogP contribution in [0.25, 0.3) is 0 Å². The predicted octanol–water partition coefficient (Wildman–Crippen LogP) is 2.48. The topological polar surface area (TPSA) is 12.4 Å². The fraction of sp³-hybridized carbons (Fsp3) is 0.222. The molecule has 0 unspecified atom stereocenters. The van der Waals surface area contributed by atoms with Crippen LogP contribution in [0.1, 0.15) is 11.1 Å². The summed E-state index contributed by atoms with van der Waals surface area (Å²) < 4.78 is 0. The highest BCUT2D eigenvalue weighted by Gasteiger charge is 2.03. The SMILES string of the molecule is Cc1ccc2c(c1)C=NCS2. The zero-order valence-corrected chi connectivity index (χ0v) is 7.19. The molecule has 0 bridgehead atoms. The summed E-state index contributed by atoms with van der Waals surface area (Å²) >= 11 is 1.80. The minimum atomic E-state index is 0.871. The van der Waals surface area contributed by atoms with Gasteiger partial charge in [-0.1, -0.05) is 11.6 Å². The molecule has 0 saturated heterocycles. The highest BCUT2D eigenvalue weighted by Crippen LogP contribution is 2.25. The van der Waals surface area contributed by atoms with Crippen LogP contribution in [0.2, 0.25) is 0 Å². The van der Waals surface area contributed by atoms with E-state index in [1.54, 1.807) is 11.8 Å². The number of rotatable bonds is 0. The standard InChI is InChI=1S/C9H9NS/c1-7-2-3-9-8(4-7)5-10-6-11-9/h2-5H,6H2,1H3. The second-order valence-corrected chi connectivity index (χ2v) is 3.61. The maximum atomic E-state index is 4.20. The Kier molecular flexibility index (Phi) is 1.70. The Morgan fingerprint density at radius 2 is 2.36 bits per heavy atom. The summed E-state index contributed by atoms with van der Waals surface area (Å²) in [5.74, 6) is 0.871. The van der Waals surface area contributed by atoms with Gasteiger partial charge in [0, 0.05) is 16.7 Å². The molecule has 0 amide bonds. The first-order valence-electron chi connectivity index (χ1n) is 3.59. The second kappa shape index (κ2) is 2.70. The van der Waals surface area contributed by atoms with Crippen LogP contribution in [-0.4, -0.2) is 12.1 Å². The molecular weight excluding hydrogens is 154 g/mol. The van der Waals surface area contributed by atoms with Crippen LogP contribution in [0.4, 0.5) is 0 Å². The highest BCUT2D eigenvalue weighted by atomic mass is 32.2. The Bertz CT molecular complexity index is 304. The van der Waals surface area contributed by atoms with Crippen LogP contribution in [0.15, 0.2) is 28.1 Å². The van der Waals surface area contributed by atoms with E-state index in [0.717, 1.165) is 5.88 Å².